The van der Waals surface area contributed by atoms with Gasteiger partial charge >= 0.3 is 6.18 Å². The molecular formula is C29H22Cl3F6N3O4. The minimum atomic E-state index is -5.00. The third-order valence-corrected chi connectivity index (χ3v) is 8.11. The number of benzene rings is 3. The average molecular weight is 697 g/mol. The van der Waals surface area contributed by atoms with Crippen molar-refractivity contribution < 1.29 is 45.5 Å². The van der Waals surface area contributed by atoms with Gasteiger partial charge in [-0.2, -0.15) is 13.2 Å². The SMILES string of the molecule is CCOC(C)C(=O)Nc1c(F)ccc(NC(=O)c2cc(NC(=O)[C@H]3[C@H](c4ccc(F)c(C(F)(F)F)c4)C3(Cl)Cl)ccc2Cl)c1F. The molecule has 3 amide bonds. The second-order valence-electron chi connectivity index (χ2n) is 9.88. The van der Waals surface area contributed by atoms with Crippen LogP contribution in [-0.4, -0.2) is 34.8 Å². The summed E-state index contributed by atoms with van der Waals surface area (Å²) in [4.78, 5) is 38.3. The maximum absolute atomic E-state index is 15.1. The van der Waals surface area contributed by atoms with Gasteiger partial charge in [-0.25, -0.2) is 13.2 Å². The number of hydrogen-bond donors (Lipinski definition) is 3. The smallest absolute Gasteiger partial charge is 0.369 e. The van der Waals surface area contributed by atoms with E-state index in [-0.39, 0.29) is 28.4 Å². The number of nitrogens with one attached hydrogen (secondary N) is 3. The van der Waals surface area contributed by atoms with Gasteiger partial charge in [0.05, 0.1) is 27.8 Å². The average Bonchev–Trinajstić information content (AvgIpc) is 3.54. The fraction of sp³-hybridized carbons (Fsp3) is 0.276. The number of hydrogen-bond acceptors (Lipinski definition) is 4. The number of carbonyl (C=O) groups excluding carboxylic acids is 3. The molecule has 3 atom stereocenters. The minimum absolute atomic E-state index is 0.0168. The maximum Gasteiger partial charge on any atom is 0.419 e. The summed E-state index contributed by atoms with van der Waals surface area (Å²) in [5.74, 6) is -8.95. The first-order chi connectivity index (χ1) is 21.0. The van der Waals surface area contributed by atoms with Gasteiger partial charge in [-0.3, -0.25) is 14.4 Å². The molecule has 0 aliphatic heterocycles. The third-order valence-electron chi connectivity index (χ3n) is 6.84. The molecule has 0 aromatic heterocycles. The van der Waals surface area contributed by atoms with Crippen molar-refractivity contribution in [2.45, 2.75) is 36.4 Å². The molecule has 1 fully saturated rings. The molecule has 3 aromatic rings. The molecule has 1 saturated carbocycles. The quantitative estimate of drug-likeness (QED) is 0.157. The predicted octanol–water partition coefficient (Wildman–Crippen LogP) is 7.92. The van der Waals surface area contributed by atoms with E-state index in [0.717, 1.165) is 24.3 Å². The molecule has 45 heavy (non-hydrogen) atoms. The zero-order valence-electron chi connectivity index (χ0n) is 23.1. The highest BCUT2D eigenvalue weighted by Gasteiger charge is 2.67. The van der Waals surface area contributed by atoms with Crippen LogP contribution in [0.3, 0.4) is 0 Å². The molecule has 0 saturated heterocycles. The molecule has 0 radical (unpaired) electrons. The van der Waals surface area contributed by atoms with Gasteiger partial charge in [0.1, 0.15) is 27.8 Å². The van der Waals surface area contributed by atoms with E-state index in [1.165, 1.54) is 19.1 Å². The van der Waals surface area contributed by atoms with Gasteiger partial charge in [-0.15, -0.1) is 23.2 Å². The maximum atomic E-state index is 15.1. The van der Waals surface area contributed by atoms with Crippen molar-refractivity contribution in [2.24, 2.45) is 5.92 Å². The number of amides is 3. The second-order valence-corrected chi connectivity index (χ2v) is 11.7. The van der Waals surface area contributed by atoms with Gasteiger partial charge in [0.2, 0.25) is 5.91 Å². The molecular weight excluding hydrogens is 675 g/mol. The lowest BCUT2D eigenvalue weighted by atomic mass is 10.0. The topological polar surface area (TPSA) is 96.5 Å². The largest absolute Gasteiger partial charge is 0.419 e. The summed E-state index contributed by atoms with van der Waals surface area (Å²) in [6.07, 6.45) is -6.02. The third kappa shape index (κ3) is 7.32. The molecule has 0 spiro atoms. The van der Waals surface area contributed by atoms with Gasteiger partial charge < -0.3 is 20.7 Å². The zero-order chi connectivity index (χ0) is 33.4. The Kier molecular flexibility index (Phi) is 9.98. The Morgan fingerprint density at radius 1 is 0.956 bits per heavy atom. The molecule has 3 aromatic carbocycles. The summed E-state index contributed by atoms with van der Waals surface area (Å²) in [5.41, 5.74) is -3.29. The van der Waals surface area contributed by atoms with Crippen molar-refractivity contribution in [3.05, 3.63) is 87.7 Å². The Morgan fingerprint density at radius 2 is 1.62 bits per heavy atom. The molecule has 16 heteroatoms. The van der Waals surface area contributed by atoms with Crippen molar-refractivity contribution in [2.75, 3.05) is 22.6 Å². The highest BCUT2D eigenvalue weighted by atomic mass is 35.5. The van der Waals surface area contributed by atoms with Gasteiger partial charge in [0.15, 0.2) is 5.82 Å². The van der Waals surface area contributed by atoms with E-state index in [9.17, 15) is 36.3 Å². The summed E-state index contributed by atoms with van der Waals surface area (Å²) in [5, 5.41) is 6.61. The van der Waals surface area contributed by atoms with Crippen molar-refractivity contribution in [1.82, 2.24) is 0 Å². The number of halogens is 9. The summed E-state index contributed by atoms with van der Waals surface area (Å²) in [7, 11) is 0. The summed E-state index contributed by atoms with van der Waals surface area (Å²) < 4.78 is 86.1. The van der Waals surface area contributed by atoms with Crippen LogP contribution in [0.15, 0.2) is 48.5 Å². The van der Waals surface area contributed by atoms with E-state index in [2.05, 4.69) is 16.0 Å². The van der Waals surface area contributed by atoms with E-state index < -0.39 is 80.6 Å². The molecule has 0 heterocycles. The molecule has 0 bridgehead atoms. The lowest BCUT2D eigenvalue weighted by Gasteiger charge is -2.15. The summed E-state index contributed by atoms with van der Waals surface area (Å²) >= 11 is 18.6. The van der Waals surface area contributed by atoms with Crippen LogP contribution in [0.25, 0.3) is 0 Å². The van der Waals surface area contributed by atoms with E-state index in [0.29, 0.717) is 12.1 Å². The normalized spacial score (nSPS) is 17.8. The molecule has 1 unspecified atom stereocenters. The lowest BCUT2D eigenvalue weighted by molar-refractivity contribution is -0.140. The Balaban J connectivity index is 1.51. The van der Waals surface area contributed by atoms with E-state index in [1.807, 2.05) is 0 Å². The number of anilines is 3. The van der Waals surface area contributed by atoms with Crippen LogP contribution >= 0.6 is 34.8 Å². The first kappa shape index (κ1) is 34.4. The molecule has 1 aliphatic rings. The molecule has 240 valence electrons. The Morgan fingerprint density at radius 3 is 2.27 bits per heavy atom. The summed E-state index contributed by atoms with van der Waals surface area (Å²) in [6, 6.07) is 7.53. The van der Waals surface area contributed by atoms with Gasteiger partial charge in [-0.1, -0.05) is 17.7 Å². The van der Waals surface area contributed by atoms with Crippen LogP contribution in [0, 0.1) is 23.4 Å². The number of ether oxygens (including phenoxy) is 1. The molecule has 4 rings (SSSR count). The second kappa shape index (κ2) is 13.1. The highest BCUT2D eigenvalue weighted by Crippen LogP contribution is 2.65. The number of rotatable bonds is 9. The van der Waals surface area contributed by atoms with Crippen molar-refractivity contribution >= 4 is 69.6 Å². The zero-order valence-corrected chi connectivity index (χ0v) is 25.4. The van der Waals surface area contributed by atoms with Crippen LogP contribution < -0.4 is 16.0 Å². The fourth-order valence-corrected chi connectivity index (χ4v) is 5.55. The minimum Gasteiger partial charge on any atom is -0.369 e. The molecule has 3 N–H and O–H groups in total. The van der Waals surface area contributed by atoms with E-state index >= 15 is 4.39 Å². The van der Waals surface area contributed by atoms with Crippen molar-refractivity contribution in [3.63, 3.8) is 0 Å². The Labute approximate surface area is 267 Å². The lowest BCUT2D eigenvalue weighted by Crippen LogP contribution is -2.28. The van der Waals surface area contributed by atoms with Gasteiger partial charge in [-0.05, 0) is 61.9 Å². The van der Waals surface area contributed by atoms with Gasteiger partial charge in [0, 0.05) is 18.2 Å². The van der Waals surface area contributed by atoms with Gasteiger partial charge in [0.25, 0.3) is 11.8 Å². The standard InChI is InChI=1S/C29H22Cl3F6N3O4/c1-3-45-12(2)25(42)41-24-19(34)8-9-20(23(24)35)40-26(43)15-11-14(5-6-17(15)30)39-27(44)22-21(28(22,31)32)13-4-7-18(33)16(10-13)29(36,37)38/h4-12,21-22H,3H2,1-2H3,(H,39,44)(H,40,43)(H,41,42)/t12?,21-,22+/m0/s1. The molecule has 1 aliphatic carbocycles. The number of alkyl halides is 5. The fourth-order valence-electron chi connectivity index (χ4n) is 4.52. The predicted molar refractivity (Wildman–Crippen MR) is 156 cm³/mol. The van der Waals surface area contributed by atoms with Crippen LogP contribution in [0.1, 0.15) is 41.3 Å². The highest BCUT2D eigenvalue weighted by molar-refractivity contribution is 6.53. The Bertz CT molecular complexity index is 1670. The van der Waals surface area contributed by atoms with Crippen LogP contribution in [-0.2, 0) is 20.5 Å². The van der Waals surface area contributed by atoms with Crippen LogP contribution in [0.5, 0.6) is 0 Å². The van der Waals surface area contributed by atoms with Crippen molar-refractivity contribution in [3.8, 4) is 0 Å². The van der Waals surface area contributed by atoms with Crippen LogP contribution in [0.2, 0.25) is 5.02 Å². The monoisotopic (exact) mass is 695 g/mol. The van der Waals surface area contributed by atoms with E-state index in [1.54, 1.807) is 6.92 Å². The van der Waals surface area contributed by atoms with Crippen LogP contribution in [0.4, 0.5) is 43.4 Å². The molecule has 7 nitrogen and oxygen atoms in total. The van der Waals surface area contributed by atoms with Crippen molar-refractivity contribution in [1.29, 1.82) is 0 Å². The summed E-state index contributed by atoms with van der Waals surface area (Å²) in [6.45, 7) is 3.18. The Hall–Kier alpha value is -3.52. The first-order valence-corrected chi connectivity index (χ1v) is 14.2. The number of carbonyl (C=O) groups is 3. The first-order valence-electron chi connectivity index (χ1n) is 13.0. The van der Waals surface area contributed by atoms with E-state index in [4.69, 9.17) is 39.5 Å².